The molecule has 0 heterocycles. The number of hydrogen-bond donors (Lipinski definition) is 0. The van der Waals surface area contributed by atoms with Crippen molar-refractivity contribution in [2.45, 2.75) is 38.6 Å². The molecule has 0 aromatic heterocycles. The number of rotatable bonds is 5. The third kappa shape index (κ3) is 3.45. The Balaban J connectivity index is 1.59. The van der Waals surface area contributed by atoms with Crippen molar-refractivity contribution in [3.8, 4) is 5.75 Å². The van der Waals surface area contributed by atoms with Crippen molar-refractivity contribution in [1.29, 1.82) is 0 Å². The van der Waals surface area contributed by atoms with Crippen LogP contribution in [0, 0.1) is 0 Å². The van der Waals surface area contributed by atoms with Crippen LogP contribution in [-0.2, 0) is 11.2 Å². The van der Waals surface area contributed by atoms with Crippen LogP contribution in [0.25, 0.3) is 0 Å². The highest BCUT2D eigenvalue weighted by Gasteiger charge is 2.28. The molecule has 3 heteroatoms. The molecular weight excluding hydrogens is 298 g/mol. The van der Waals surface area contributed by atoms with Crippen LogP contribution in [0.4, 0.5) is 0 Å². The molecule has 0 spiro atoms. The number of likely N-dealkylation sites (N-methyl/N-ethyl adjacent to an activating group) is 1. The summed E-state index contributed by atoms with van der Waals surface area (Å²) in [6.07, 6.45) is 2.03. The molecule has 1 aliphatic rings. The number of fused-ring (bicyclic) bond motifs is 1. The van der Waals surface area contributed by atoms with Crippen LogP contribution in [-0.4, -0.2) is 24.5 Å². The normalized spacial score (nSPS) is 16.1. The molecule has 0 N–H and O–H groups in total. The maximum absolute atomic E-state index is 12.5. The molecule has 126 valence electrons. The highest BCUT2D eigenvalue weighted by atomic mass is 16.5. The maximum atomic E-state index is 12.5. The molecule has 0 fully saturated rings. The molecule has 1 amide bonds. The second kappa shape index (κ2) is 7.08. The van der Waals surface area contributed by atoms with Gasteiger partial charge >= 0.3 is 0 Å². The van der Waals surface area contributed by atoms with Gasteiger partial charge in [0.05, 0.1) is 6.04 Å². The van der Waals surface area contributed by atoms with Crippen LogP contribution in [0.5, 0.6) is 5.75 Å². The SMILES string of the molecule is CC(C)c1ccc(OCC(=O)N(C)C2CCc3ccccc32)cc1. The Hall–Kier alpha value is -2.29. The summed E-state index contributed by atoms with van der Waals surface area (Å²) in [5.74, 6) is 1.26. The number of amides is 1. The monoisotopic (exact) mass is 323 g/mol. The zero-order chi connectivity index (χ0) is 17.1. The summed E-state index contributed by atoms with van der Waals surface area (Å²) < 4.78 is 5.68. The van der Waals surface area contributed by atoms with Crippen molar-refractivity contribution < 1.29 is 9.53 Å². The van der Waals surface area contributed by atoms with E-state index >= 15 is 0 Å². The molecule has 1 aliphatic carbocycles. The number of carbonyl (C=O) groups is 1. The Morgan fingerprint density at radius 3 is 2.58 bits per heavy atom. The summed E-state index contributed by atoms with van der Waals surface area (Å²) in [4.78, 5) is 14.3. The number of ether oxygens (including phenoxy) is 1. The van der Waals surface area contributed by atoms with Crippen molar-refractivity contribution in [2.24, 2.45) is 0 Å². The third-order valence-electron chi connectivity index (χ3n) is 4.87. The molecule has 3 rings (SSSR count). The Kier molecular flexibility index (Phi) is 4.89. The molecule has 1 atom stereocenters. The second-order valence-electron chi connectivity index (χ2n) is 6.77. The van der Waals surface area contributed by atoms with Gasteiger partial charge < -0.3 is 9.64 Å². The summed E-state index contributed by atoms with van der Waals surface area (Å²) >= 11 is 0. The highest BCUT2D eigenvalue weighted by Crippen LogP contribution is 2.34. The second-order valence-corrected chi connectivity index (χ2v) is 6.77. The Morgan fingerprint density at radius 1 is 1.17 bits per heavy atom. The van der Waals surface area contributed by atoms with E-state index in [1.54, 1.807) is 0 Å². The van der Waals surface area contributed by atoms with Gasteiger partial charge in [0, 0.05) is 7.05 Å². The van der Waals surface area contributed by atoms with E-state index in [2.05, 4.69) is 44.2 Å². The first-order valence-corrected chi connectivity index (χ1v) is 8.62. The summed E-state index contributed by atoms with van der Waals surface area (Å²) in [5, 5.41) is 0. The van der Waals surface area contributed by atoms with Gasteiger partial charge in [0.2, 0.25) is 0 Å². The van der Waals surface area contributed by atoms with E-state index in [0.717, 1.165) is 18.6 Å². The standard InChI is InChI=1S/C21H25NO2/c1-15(2)16-8-11-18(12-9-16)24-14-21(23)22(3)20-13-10-17-6-4-5-7-19(17)20/h4-9,11-12,15,20H,10,13-14H2,1-3H3. The summed E-state index contributed by atoms with van der Waals surface area (Å²) in [5.41, 5.74) is 3.90. The quantitative estimate of drug-likeness (QED) is 0.819. The van der Waals surface area contributed by atoms with Crippen molar-refractivity contribution in [3.05, 3.63) is 65.2 Å². The minimum absolute atomic E-state index is 0.0182. The summed E-state index contributed by atoms with van der Waals surface area (Å²) in [6, 6.07) is 16.5. The molecule has 0 bridgehead atoms. The van der Waals surface area contributed by atoms with Crippen LogP contribution >= 0.6 is 0 Å². The topological polar surface area (TPSA) is 29.5 Å². The number of carbonyl (C=O) groups excluding carboxylic acids is 1. The van der Waals surface area contributed by atoms with Gasteiger partial charge in [-0.2, -0.15) is 0 Å². The van der Waals surface area contributed by atoms with E-state index in [-0.39, 0.29) is 18.6 Å². The molecule has 0 aliphatic heterocycles. The first-order valence-electron chi connectivity index (χ1n) is 8.62. The fraction of sp³-hybridized carbons (Fsp3) is 0.381. The smallest absolute Gasteiger partial charge is 0.260 e. The van der Waals surface area contributed by atoms with Gasteiger partial charge in [0.25, 0.3) is 5.91 Å². The van der Waals surface area contributed by atoms with E-state index in [1.807, 2.05) is 30.1 Å². The summed E-state index contributed by atoms with van der Waals surface area (Å²) in [6.45, 7) is 4.40. The minimum atomic E-state index is 0.0182. The minimum Gasteiger partial charge on any atom is -0.484 e. The van der Waals surface area contributed by atoms with E-state index in [9.17, 15) is 4.79 Å². The predicted molar refractivity (Wildman–Crippen MR) is 96.3 cm³/mol. The number of hydrogen-bond acceptors (Lipinski definition) is 2. The van der Waals surface area contributed by atoms with Crippen LogP contribution < -0.4 is 4.74 Å². The lowest BCUT2D eigenvalue weighted by Gasteiger charge is -2.25. The van der Waals surface area contributed by atoms with Crippen LogP contribution in [0.1, 0.15) is 48.9 Å². The van der Waals surface area contributed by atoms with Crippen LogP contribution in [0.3, 0.4) is 0 Å². The van der Waals surface area contributed by atoms with E-state index in [4.69, 9.17) is 4.74 Å². The number of nitrogens with zero attached hydrogens (tertiary/aromatic N) is 1. The molecule has 2 aromatic rings. The lowest BCUT2D eigenvalue weighted by Crippen LogP contribution is -2.34. The van der Waals surface area contributed by atoms with Crippen molar-refractivity contribution in [1.82, 2.24) is 4.90 Å². The van der Waals surface area contributed by atoms with Crippen molar-refractivity contribution in [3.63, 3.8) is 0 Å². The Morgan fingerprint density at radius 2 is 1.88 bits per heavy atom. The number of aryl methyl sites for hydroxylation is 1. The van der Waals surface area contributed by atoms with Gasteiger partial charge in [0.1, 0.15) is 5.75 Å². The Bertz CT molecular complexity index is 706. The van der Waals surface area contributed by atoms with E-state index in [0.29, 0.717) is 5.92 Å². The van der Waals surface area contributed by atoms with Gasteiger partial charge in [-0.3, -0.25) is 4.79 Å². The zero-order valence-electron chi connectivity index (χ0n) is 14.7. The third-order valence-corrected chi connectivity index (χ3v) is 4.87. The molecule has 0 saturated heterocycles. The average molecular weight is 323 g/mol. The molecular formula is C21H25NO2. The van der Waals surface area contributed by atoms with Gasteiger partial charge in [-0.25, -0.2) is 0 Å². The maximum Gasteiger partial charge on any atom is 0.260 e. The van der Waals surface area contributed by atoms with Gasteiger partial charge in [-0.05, 0) is 47.6 Å². The van der Waals surface area contributed by atoms with Gasteiger partial charge in [-0.15, -0.1) is 0 Å². The van der Waals surface area contributed by atoms with Gasteiger partial charge in [-0.1, -0.05) is 50.2 Å². The molecule has 24 heavy (non-hydrogen) atoms. The first kappa shape index (κ1) is 16.6. The molecule has 0 saturated carbocycles. The first-order chi connectivity index (χ1) is 11.6. The largest absolute Gasteiger partial charge is 0.484 e. The predicted octanol–water partition coefficient (Wildman–Crippen LogP) is 4.33. The molecule has 1 unspecified atom stereocenters. The van der Waals surface area contributed by atoms with Crippen molar-refractivity contribution in [2.75, 3.05) is 13.7 Å². The lowest BCUT2D eigenvalue weighted by atomic mass is 10.0. The average Bonchev–Trinajstić information content (AvgIpc) is 3.03. The lowest BCUT2D eigenvalue weighted by molar-refractivity contribution is -0.134. The van der Waals surface area contributed by atoms with Gasteiger partial charge in [0.15, 0.2) is 6.61 Å². The molecule has 0 radical (unpaired) electrons. The summed E-state index contributed by atoms with van der Waals surface area (Å²) in [7, 11) is 1.88. The fourth-order valence-electron chi connectivity index (χ4n) is 3.31. The fourth-order valence-corrected chi connectivity index (χ4v) is 3.31. The molecule has 3 nitrogen and oxygen atoms in total. The van der Waals surface area contributed by atoms with Crippen LogP contribution in [0.2, 0.25) is 0 Å². The molecule has 2 aromatic carbocycles. The van der Waals surface area contributed by atoms with Crippen molar-refractivity contribution >= 4 is 5.91 Å². The highest BCUT2D eigenvalue weighted by molar-refractivity contribution is 5.78. The Labute approximate surface area is 144 Å². The zero-order valence-corrected chi connectivity index (χ0v) is 14.7. The number of benzene rings is 2. The van der Waals surface area contributed by atoms with Crippen LogP contribution in [0.15, 0.2) is 48.5 Å². The van der Waals surface area contributed by atoms with E-state index < -0.39 is 0 Å². The van der Waals surface area contributed by atoms with E-state index in [1.165, 1.54) is 16.7 Å².